The van der Waals surface area contributed by atoms with E-state index in [9.17, 15) is 0 Å². The zero-order valence-corrected chi connectivity index (χ0v) is 11.6. The topological polar surface area (TPSA) is 12.9 Å². The predicted octanol–water partition coefficient (Wildman–Crippen LogP) is 4.83. The molecule has 1 heterocycles. The summed E-state index contributed by atoms with van der Waals surface area (Å²) in [6, 6.07) is 17.1. The molecule has 0 spiro atoms. The average Bonchev–Trinajstić information content (AvgIpc) is 2.38. The average molecular weight is 247 g/mol. The number of aromatic nitrogens is 1. The van der Waals surface area contributed by atoms with Crippen LogP contribution in [0.3, 0.4) is 0 Å². The second kappa shape index (κ2) is 4.51. The summed E-state index contributed by atoms with van der Waals surface area (Å²) in [5.41, 5.74) is 7.12. The van der Waals surface area contributed by atoms with Crippen molar-refractivity contribution < 1.29 is 0 Å². The summed E-state index contributed by atoms with van der Waals surface area (Å²) >= 11 is 0. The van der Waals surface area contributed by atoms with Crippen molar-refractivity contribution in [1.29, 1.82) is 0 Å². The number of aryl methyl sites for hydroxylation is 3. The van der Waals surface area contributed by atoms with Gasteiger partial charge in [0.25, 0.3) is 0 Å². The van der Waals surface area contributed by atoms with Gasteiger partial charge in [0.05, 0.1) is 11.2 Å². The second-order valence-corrected chi connectivity index (χ2v) is 5.21. The maximum Gasteiger partial charge on any atom is 0.0714 e. The molecule has 0 radical (unpaired) electrons. The third kappa shape index (κ3) is 2.24. The number of pyridine rings is 1. The number of benzene rings is 2. The third-order valence-corrected chi connectivity index (χ3v) is 3.49. The van der Waals surface area contributed by atoms with E-state index >= 15 is 0 Å². The van der Waals surface area contributed by atoms with Gasteiger partial charge < -0.3 is 0 Å². The minimum atomic E-state index is 1.05. The molecule has 19 heavy (non-hydrogen) atoms. The van der Waals surface area contributed by atoms with Gasteiger partial charge in [-0.25, -0.2) is 4.98 Å². The molecule has 1 heteroatoms. The Balaban J connectivity index is 2.25. The smallest absolute Gasteiger partial charge is 0.0714 e. The van der Waals surface area contributed by atoms with Gasteiger partial charge in [-0.2, -0.15) is 0 Å². The molecule has 0 N–H and O–H groups in total. The van der Waals surface area contributed by atoms with E-state index in [1.165, 1.54) is 27.6 Å². The second-order valence-electron chi connectivity index (χ2n) is 5.21. The van der Waals surface area contributed by atoms with Crippen LogP contribution < -0.4 is 0 Å². The van der Waals surface area contributed by atoms with E-state index in [1.807, 2.05) is 0 Å². The van der Waals surface area contributed by atoms with Crippen LogP contribution >= 0.6 is 0 Å². The minimum Gasteiger partial charge on any atom is -0.248 e. The summed E-state index contributed by atoms with van der Waals surface area (Å²) in [5.74, 6) is 0. The van der Waals surface area contributed by atoms with Gasteiger partial charge in [0, 0.05) is 10.9 Å². The van der Waals surface area contributed by atoms with Crippen molar-refractivity contribution in [3.8, 4) is 11.3 Å². The van der Waals surface area contributed by atoms with Crippen LogP contribution in [0.1, 0.15) is 16.7 Å². The number of nitrogens with zero attached hydrogens (tertiary/aromatic N) is 1. The van der Waals surface area contributed by atoms with E-state index in [4.69, 9.17) is 4.98 Å². The first-order chi connectivity index (χ1) is 9.13. The van der Waals surface area contributed by atoms with Crippen LogP contribution in [0.25, 0.3) is 22.2 Å². The van der Waals surface area contributed by atoms with Crippen molar-refractivity contribution in [1.82, 2.24) is 4.98 Å². The molecular weight excluding hydrogens is 230 g/mol. The molecule has 0 amide bonds. The number of rotatable bonds is 1. The Bertz CT molecular complexity index is 757. The highest BCUT2D eigenvalue weighted by Gasteiger charge is 2.05. The van der Waals surface area contributed by atoms with Crippen molar-refractivity contribution >= 4 is 10.9 Å². The third-order valence-electron chi connectivity index (χ3n) is 3.49. The zero-order chi connectivity index (χ0) is 13.4. The van der Waals surface area contributed by atoms with Crippen molar-refractivity contribution in [2.24, 2.45) is 0 Å². The van der Waals surface area contributed by atoms with E-state index in [0.717, 1.165) is 11.2 Å². The van der Waals surface area contributed by atoms with Gasteiger partial charge in [0.2, 0.25) is 0 Å². The Morgan fingerprint density at radius 2 is 1.58 bits per heavy atom. The van der Waals surface area contributed by atoms with Gasteiger partial charge in [-0.3, -0.25) is 0 Å². The number of hydrogen-bond donors (Lipinski definition) is 0. The normalized spacial score (nSPS) is 10.9. The Labute approximate surface area is 113 Å². The fraction of sp³-hybridized carbons (Fsp3) is 0.167. The van der Waals surface area contributed by atoms with Crippen LogP contribution in [0, 0.1) is 20.8 Å². The van der Waals surface area contributed by atoms with Gasteiger partial charge in [-0.05, 0) is 50.1 Å². The molecule has 0 aliphatic rings. The summed E-state index contributed by atoms with van der Waals surface area (Å²) in [7, 11) is 0. The lowest BCUT2D eigenvalue weighted by molar-refractivity contribution is 1.34. The molecule has 0 aliphatic carbocycles. The van der Waals surface area contributed by atoms with Gasteiger partial charge in [-0.15, -0.1) is 0 Å². The van der Waals surface area contributed by atoms with Gasteiger partial charge >= 0.3 is 0 Å². The van der Waals surface area contributed by atoms with Crippen LogP contribution in [0.15, 0.2) is 48.5 Å². The Morgan fingerprint density at radius 1 is 0.789 bits per heavy atom. The molecule has 94 valence electrons. The van der Waals surface area contributed by atoms with E-state index in [0.29, 0.717) is 0 Å². The zero-order valence-electron chi connectivity index (χ0n) is 11.6. The molecule has 2 aromatic carbocycles. The van der Waals surface area contributed by atoms with Gasteiger partial charge in [0.1, 0.15) is 0 Å². The van der Waals surface area contributed by atoms with Crippen LogP contribution in [-0.4, -0.2) is 4.98 Å². The molecule has 0 aliphatic heterocycles. The van der Waals surface area contributed by atoms with E-state index in [-0.39, 0.29) is 0 Å². The van der Waals surface area contributed by atoms with E-state index in [1.54, 1.807) is 0 Å². The molecule has 0 bridgehead atoms. The summed E-state index contributed by atoms with van der Waals surface area (Å²) in [6.07, 6.45) is 0. The first-order valence-corrected chi connectivity index (χ1v) is 6.58. The summed E-state index contributed by atoms with van der Waals surface area (Å²) in [6.45, 7) is 6.37. The maximum atomic E-state index is 4.81. The van der Waals surface area contributed by atoms with Crippen LogP contribution in [0.5, 0.6) is 0 Å². The standard InChI is InChI=1S/C18H17N/c1-12-5-4-6-15(9-12)17-11-14(3)16-8-7-13(2)10-18(16)19-17/h4-11H,1-3H3. The molecular formula is C18H17N. The van der Waals surface area contributed by atoms with Crippen molar-refractivity contribution in [2.75, 3.05) is 0 Å². The highest BCUT2D eigenvalue weighted by molar-refractivity contribution is 5.85. The summed E-state index contributed by atoms with van der Waals surface area (Å²) < 4.78 is 0. The summed E-state index contributed by atoms with van der Waals surface area (Å²) in [4.78, 5) is 4.81. The monoisotopic (exact) mass is 247 g/mol. The molecule has 3 rings (SSSR count). The Hall–Kier alpha value is -2.15. The lowest BCUT2D eigenvalue weighted by atomic mass is 10.0. The molecule has 0 fully saturated rings. The first-order valence-electron chi connectivity index (χ1n) is 6.58. The van der Waals surface area contributed by atoms with Gasteiger partial charge in [-0.1, -0.05) is 35.9 Å². The van der Waals surface area contributed by atoms with Crippen LogP contribution in [-0.2, 0) is 0 Å². The maximum absolute atomic E-state index is 4.81. The largest absolute Gasteiger partial charge is 0.248 e. The SMILES string of the molecule is Cc1cccc(-c2cc(C)c3ccc(C)cc3n2)c1. The number of fused-ring (bicyclic) bond motifs is 1. The van der Waals surface area contributed by atoms with Crippen molar-refractivity contribution in [3.63, 3.8) is 0 Å². The van der Waals surface area contributed by atoms with Crippen LogP contribution in [0.2, 0.25) is 0 Å². The molecule has 0 saturated heterocycles. The molecule has 3 aromatic rings. The molecule has 1 nitrogen and oxygen atoms in total. The molecule has 0 atom stereocenters. The summed E-state index contributed by atoms with van der Waals surface area (Å²) in [5, 5.41) is 1.24. The lowest BCUT2D eigenvalue weighted by Crippen LogP contribution is -1.90. The quantitative estimate of drug-likeness (QED) is 0.600. The predicted molar refractivity (Wildman–Crippen MR) is 81.4 cm³/mol. The molecule has 1 aromatic heterocycles. The first kappa shape index (κ1) is 11.9. The van der Waals surface area contributed by atoms with Gasteiger partial charge in [0.15, 0.2) is 0 Å². The van der Waals surface area contributed by atoms with Crippen molar-refractivity contribution in [3.05, 3.63) is 65.2 Å². The van der Waals surface area contributed by atoms with E-state index < -0.39 is 0 Å². The molecule has 0 unspecified atom stereocenters. The fourth-order valence-electron chi connectivity index (χ4n) is 2.46. The fourth-order valence-corrected chi connectivity index (χ4v) is 2.46. The number of hydrogen-bond acceptors (Lipinski definition) is 1. The van der Waals surface area contributed by atoms with E-state index in [2.05, 4.69) is 69.3 Å². The lowest BCUT2D eigenvalue weighted by Gasteiger charge is -2.08. The van der Waals surface area contributed by atoms with Crippen LogP contribution in [0.4, 0.5) is 0 Å². The minimum absolute atomic E-state index is 1.05. The highest BCUT2D eigenvalue weighted by atomic mass is 14.7. The highest BCUT2D eigenvalue weighted by Crippen LogP contribution is 2.25. The Morgan fingerprint density at radius 3 is 2.37 bits per heavy atom. The Kier molecular flexibility index (Phi) is 2.83. The van der Waals surface area contributed by atoms with Crippen molar-refractivity contribution in [2.45, 2.75) is 20.8 Å². The molecule has 0 saturated carbocycles.